The van der Waals surface area contributed by atoms with Crippen molar-refractivity contribution in [3.05, 3.63) is 86.7 Å². The molecule has 0 saturated heterocycles. The minimum Gasteiger partial charge on any atom is -0.381 e. The Morgan fingerprint density at radius 2 is 2.03 bits per heavy atom. The van der Waals surface area contributed by atoms with Crippen LogP contribution in [0.15, 0.2) is 53.8 Å². The van der Waals surface area contributed by atoms with E-state index < -0.39 is 33.8 Å². The second kappa shape index (κ2) is 7.85. The Morgan fingerprint density at radius 3 is 2.69 bits per heavy atom. The molecule has 0 aliphatic heterocycles. The summed E-state index contributed by atoms with van der Waals surface area (Å²) in [5, 5.41) is 34.2. The summed E-state index contributed by atoms with van der Waals surface area (Å²) in [6, 6.07) is 4.88. The molecule has 164 valence electrons. The summed E-state index contributed by atoms with van der Waals surface area (Å²) in [6.07, 6.45) is 2.48. The first-order chi connectivity index (χ1) is 15.2. The van der Waals surface area contributed by atoms with Crippen molar-refractivity contribution in [2.24, 2.45) is 0 Å². The van der Waals surface area contributed by atoms with Crippen molar-refractivity contribution in [2.45, 2.75) is 25.1 Å². The molecule has 0 bridgehead atoms. The molecule has 4 aromatic rings. The Morgan fingerprint density at radius 1 is 1.25 bits per heavy atom. The average molecular weight is 443 g/mol. The molecule has 0 aliphatic rings. The van der Waals surface area contributed by atoms with Crippen molar-refractivity contribution >= 4 is 16.6 Å². The number of halogens is 2. The summed E-state index contributed by atoms with van der Waals surface area (Å²) in [4.78, 5) is 27.3. The molecule has 0 aliphatic carbocycles. The standard InChI is InChI=1S/C19H15F2N7O4/c1-11(27-18(29)14-7-13(28(31)32)3-5-17(14)24-25-27)19(30,8-26-10-22-9-23-26)15-4-2-12(20)6-16(15)21/h2-7,9-11,30H,8H2,1H3. The van der Waals surface area contributed by atoms with E-state index >= 15 is 0 Å². The van der Waals surface area contributed by atoms with Gasteiger partial charge in [0, 0.05) is 23.8 Å². The van der Waals surface area contributed by atoms with Crippen molar-refractivity contribution in [3.8, 4) is 0 Å². The van der Waals surface area contributed by atoms with Gasteiger partial charge >= 0.3 is 0 Å². The van der Waals surface area contributed by atoms with Gasteiger partial charge in [0.25, 0.3) is 11.2 Å². The molecule has 2 atom stereocenters. The molecule has 0 amide bonds. The quantitative estimate of drug-likeness (QED) is 0.351. The van der Waals surface area contributed by atoms with E-state index in [9.17, 15) is 28.8 Å². The number of aliphatic hydroxyl groups is 1. The summed E-state index contributed by atoms with van der Waals surface area (Å²) >= 11 is 0. The molecule has 2 aromatic carbocycles. The summed E-state index contributed by atoms with van der Waals surface area (Å²) in [5.41, 5.74) is -3.47. The van der Waals surface area contributed by atoms with Crippen LogP contribution in [0.2, 0.25) is 0 Å². The maximum atomic E-state index is 14.7. The topological polar surface area (TPSA) is 142 Å². The molecule has 0 radical (unpaired) electrons. The van der Waals surface area contributed by atoms with E-state index in [1.165, 1.54) is 36.4 Å². The van der Waals surface area contributed by atoms with Crippen molar-refractivity contribution in [2.75, 3.05) is 0 Å². The number of rotatable bonds is 6. The number of aromatic nitrogens is 6. The third-order valence-corrected chi connectivity index (χ3v) is 5.20. The van der Waals surface area contributed by atoms with Gasteiger partial charge < -0.3 is 5.11 Å². The third-order valence-electron chi connectivity index (χ3n) is 5.20. The molecule has 32 heavy (non-hydrogen) atoms. The molecule has 13 heteroatoms. The van der Waals surface area contributed by atoms with Gasteiger partial charge in [-0.3, -0.25) is 14.9 Å². The molecule has 1 N–H and O–H groups in total. The molecule has 4 rings (SSSR count). The van der Waals surface area contributed by atoms with Crippen LogP contribution in [0, 0.1) is 21.7 Å². The monoisotopic (exact) mass is 443 g/mol. The summed E-state index contributed by atoms with van der Waals surface area (Å²) in [5.74, 6) is -1.89. The fourth-order valence-electron chi connectivity index (χ4n) is 3.46. The molecule has 2 aromatic heterocycles. The van der Waals surface area contributed by atoms with Crippen LogP contribution in [0.5, 0.6) is 0 Å². The van der Waals surface area contributed by atoms with E-state index in [0.717, 1.165) is 22.9 Å². The molecule has 0 spiro atoms. The van der Waals surface area contributed by atoms with Gasteiger partial charge in [0.05, 0.1) is 22.9 Å². The second-order valence-electron chi connectivity index (χ2n) is 7.12. The molecular formula is C19H15F2N7O4. The molecule has 0 fully saturated rings. The van der Waals surface area contributed by atoms with Crippen molar-refractivity contribution in [1.82, 2.24) is 29.8 Å². The number of hydrogen-bond donors (Lipinski definition) is 1. The first kappa shape index (κ1) is 21.1. The number of non-ortho nitro benzene ring substituents is 1. The molecule has 2 heterocycles. The lowest BCUT2D eigenvalue weighted by atomic mass is 9.86. The number of nitro benzene ring substituents is 1. The molecule has 2 unspecified atom stereocenters. The summed E-state index contributed by atoms with van der Waals surface area (Å²) in [7, 11) is 0. The largest absolute Gasteiger partial charge is 0.381 e. The van der Waals surface area contributed by atoms with E-state index in [0.29, 0.717) is 6.07 Å². The van der Waals surface area contributed by atoms with Gasteiger partial charge in [0.2, 0.25) is 0 Å². The molecular weight excluding hydrogens is 428 g/mol. The lowest BCUT2D eigenvalue weighted by Crippen LogP contribution is -2.44. The van der Waals surface area contributed by atoms with Gasteiger partial charge in [0.1, 0.15) is 35.4 Å². The van der Waals surface area contributed by atoms with Crippen LogP contribution in [-0.4, -0.2) is 39.8 Å². The van der Waals surface area contributed by atoms with Crippen molar-refractivity contribution < 1.29 is 18.8 Å². The van der Waals surface area contributed by atoms with Gasteiger partial charge in [-0.25, -0.2) is 23.1 Å². The molecule has 0 saturated carbocycles. The zero-order chi connectivity index (χ0) is 23.0. The van der Waals surface area contributed by atoms with Gasteiger partial charge in [-0.2, -0.15) is 5.10 Å². The van der Waals surface area contributed by atoms with E-state index in [1.807, 2.05) is 0 Å². The zero-order valence-corrected chi connectivity index (χ0v) is 16.5. The van der Waals surface area contributed by atoms with Crippen LogP contribution in [0.3, 0.4) is 0 Å². The highest BCUT2D eigenvalue weighted by Crippen LogP contribution is 2.35. The number of hydrogen-bond acceptors (Lipinski definition) is 8. The fourth-order valence-corrected chi connectivity index (χ4v) is 3.46. The van der Waals surface area contributed by atoms with Crippen LogP contribution >= 0.6 is 0 Å². The van der Waals surface area contributed by atoms with Crippen LogP contribution < -0.4 is 5.56 Å². The molecule has 11 nitrogen and oxygen atoms in total. The number of benzene rings is 2. The number of nitrogens with zero attached hydrogens (tertiary/aromatic N) is 7. The highest BCUT2D eigenvalue weighted by molar-refractivity contribution is 5.79. The SMILES string of the molecule is CC(n1nnc2ccc([N+](=O)[O-])cc2c1=O)C(O)(Cn1cncn1)c1ccc(F)cc1F. The van der Waals surface area contributed by atoms with Gasteiger partial charge in [-0.15, -0.1) is 5.10 Å². The maximum absolute atomic E-state index is 14.7. The van der Waals surface area contributed by atoms with Crippen LogP contribution in [-0.2, 0) is 12.1 Å². The Kier molecular flexibility index (Phi) is 5.18. The lowest BCUT2D eigenvalue weighted by Gasteiger charge is -2.34. The van der Waals surface area contributed by atoms with E-state index in [-0.39, 0.29) is 28.7 Å². The predicted octanol–water partition coefficient (Wildman–Crippen LogP) is 1.72. The maximum Gasteiger partial charge on any atom is 0.278 e. The highest BCUT2D eigenvalue weighted by atomic mass is 19.1. The lowest BCUT2D eigenvalue weighted by molar-refractivity contribution is -0.384. The highest BCUT2D eigenvalue weighted by Gasteiger charge is 2.41. The van der Waals surface area contributed by atoms with Crippen molar-refractivity contribution in [3.63, 3.8) is 0 Å². The number of nitro groups is 1. The Hall–Kier alpha value is -4.13. The normalized spacial score (nSPS) is 14.2. The minimum atomic E-state index is -2.15. The van der Waals surface area contributed by atoms with Crippen molar-refractivity contribution in [1.29, 1.82) is 0 Å². The first-order valence-corrected chi connectivity index (χ1v) is 9.24. The Balaban J connectivity index is 1.89. The van der Waals surface area contributed by atoms with Crippen LogP contribution in [0.25, 0.3) is 10.9 Å². The smallest absolute Gasteiger partial charge is 0.278 e. The van der Waals surface area contributed by atoms with E-state index in [4.69, 9.17) is 0 Å². The van der Waals surface area contributed by atoms with E-state index in [1.54, 1.807) is 0 Å². The zero-order valence-electron chi connectivity index (χ0n) is 16.5. The van der Waals surface area contributed by atoms with Gasteiger partial charge in [-0.05, 0) is 19.1 Å². The van der Waals surface area contributed by atoms with E-state index in [2.05, 4.69) is 20.4 Å². The van der Waals surface area contributed by atoms with Gasteiger partial charge in [0.15, 0.2) is 0 Å². The summed E-state index contributed by atoms with van der Waals surface area (Å²) < 4.78 is 30.2. The minimum absolute atomic E-state index is 0.108. The number of fused-ring (bicyclic) bond motifs is 1. The average Bonchev–Trinajstić information content (AvgIpc) is 3.26. The van der Waals surface area contributed by atoms with Crippen LogP contribution in [0.1, 0.15) is 18.5 Å². The Bertz CT molecular complexity index is 1380. The first-order valence-electron chi connectivity index (χ1n) is 9.24. The Labute approximate surface area is 177 Å². The fraction of sp³-hybridized carbons (Fsp3) is 0.211. The second-order valence-corrected chi connectivity index (χ2v) is 7.12. The van der Waals surface area contributed by atoms with Crippen LogP contribution in [0.4, 0.5) is 14.5 Å². The van der Waals surface area contributed by atoms with Gasteiger partial charge in [-0.1, -0.05) is 11.3 Å². The summed E-state index contributed by atoms with van der Waals surface area (Å²) in [6.45, 7) is 1.02. The third kappa shape index (κ3) is 3.58. The predicted molar refractivity (Wildman–Crippen MR) is 105 cm³/mol.